The summed E-state index contributed by atoms with van der Waals surface area (Å²) in [6.45, 7) is 4.05. The highest BCUT2D eigenvalue weighted by Gasteiger charge is 2.13. The van der Waals surface area contributed by atoms with Gasteiger partial charge < -0.3 is 9.84 Å². The molecule has 5 heteroatoms. The number of nitrogens with zero attached hydrogens (tertiary/aromatic N) is 3. The van der Waals surface area contributed by atoms with E-state index in [-0.39, 0.29) is 0 Å². The summed E-state index contributed by atoms with van der Waals surface area (Å²) in [5, 5.41) is 7.09. The number of aromatic nitrogens is 3. The third-order valence-corrected chi connectivity index (χ3v) is 2.66. The molecular weight excluding hydrogens is 216 g/mol. The van der Waals surface area contributed by atoms with Crippen molar-refractivity contribution < 1.29 is 4.52 Å². The van der Waals surface area contributed by atoms with Crippen LogP contribution in [0.5, 0.6) is 0 Å². The lowest BCUT2D eigenvalue weighted by atomic mass is 10.2. The van der Waals surface area contributed by atoms with E-state index in [0.717, 1.165) is 17.7 Å². The summed E-state index contributed by atoms with van der Waals surface area (Å²) in [6.07, 6.45) is 2.45. The monoisotopic (exact) mass is 232 g/mol. The number of likely N-dealkylation sites (N-methyl/N-ethyl adjacent to an activating group) is 1. The van der Waals surface area contributed by atoms with Crippen LogP contribution in [0.4, 0.5) is 0 Å². The van der Waals surface area contributed by atoms with E-state index in [1.54, 1.807) is 6.20 Å². The third kappa shape index (κ3) is 2.68. The summed E-state index contributed by atoms with van der Waals surface area (Å²) in [7, 11) is 1.91. The van der Waals surface area contributed by atoms with Crippen LogP contribution in [-0.2, 0) is 6.42 Å². The van der Waals surface area contributed by atoms with Gasteiger partial charge in [-0.1, -0.05) is 11.2 Å². The number of aryl methyl sites for hydroxylation is 1. The van der Waals surface area contributed by atoms with Crippen LogP contribution in [0.2, 0.25) is 0 Å². The van der Waals surface area contributed by atoms with E-state index in [2.05, 4.69) is 27.4 Å². The molecule has 0 radical (unpaired) electrons. The molecule has 0 fully saturated rings. The van der Waals surface area contributed by atoms with Crippen molar-refractivity contribution in [3.8, 4) is 11.5 Å². The minimum Gasteiger partial charge on any atom is -0.339 e. The zero-order valence-electron chi connectivity index (χ0n) is 10.3. The lowest BCUT2D eigenvalue weighted by Crippen LogP contribution is -2.23. The van der Waals surface area contributed by atoms with Gasteiger partial charge in [0.25, 0.3) is 0 Å². The first-order valence-corrected chi connectivity index (χ1v) is 5.62. The van der Waals surface area contributed by atoms with Gasteiger partial charge in [-0.25, -0.2) is 0 Å². The van der Waals surface area contributed by atoms with Gasteiger partial charge in [-0.05, 0) is 32.5 Å². The standard InChI is InChI=1S/C12H16N4O/c1-8-5-4-6-14-11(8)12-15-10(17-16-12)7-9(2)13-3/h4-6,9,13H,7H2,1-3H3. The number of hydrogen-bond acceptors (Lipinski definition) is 5. The Morgan fingerprint density at radius 2 is 2.29 bits per heavy atom. The molecule has 2 aromatic rings. The zero-order valence-corrected chi connectivity index (χ0v) is 10.3. The van der Waals surface area contributed by atoms with Gasteiger partial charge in [-0.2, -0.15) is 4.98 Å². The summed E-state index contributed by atoms with van der Waals surface area (Å²) in [5.41, 5.74) is 1.82. The van der Waals surface area contributed by atoms with E-state index in [9.17, 15) is 0 Å². The quantitative estimate of drug-likeness (QED) is 0.867. The molecule has 1 N–H and O–H groups in total. The molecule has 0 saturated carbocycles. The first-order valence-electron chi connectivity index (χ1n) is 5.62. The molecule has 0 aliphatic carbocycles. The number of pyridine rings is 1. The molecule has 2 rings (SSSR count). The average molecular weight is 232 g/mol. The molecule has 17 heavy (non-hydrogen) atoms. The molecule has 1 unspecified atom stereocenters. The van der Waals surface area contributed by atoms with Crippen LogP contribution in [0.15, 0.2) is 22.9 Å². The van der Waals surface area contributed by atoms with Gasteiger partial charge >= 0.3 is 0 Å². The van der Waals surface area contributed by atoms with Crippen molar-refractivity contribution in [1.29, 1.82) is 0 Å². The summed E-state index contributed by atoms with van der Waals surface area (Å²) in [5.74, 6) is 1.19. The van der Waals surface area contributed by atoms with E-state index in [1.165, 1.54) is 0 Å². The van der Waals surface area contributed by atoms with Crippen molar-refractivity contribution in [3.63, 3.8) is 0 Å². The predicted molar refractivity (Wildman–Crippen MR) is 64.5 cm³/mol. The topological polar surface area (TPSA) is 63.8 Å². The van der Waals surface area contributed by atoms with Gasteiger partial charge in [-0.15, -0.1) is 0 Å². The number of hydrogen-bond donors (Lipinski definition) is 1. The van der Waals surface area contributed by atoms with E-state index < -0.39 is 0 Å². The second-order valence-electron chi connectivity index (χ2n) is 4.07. The van der Waals surface area contributed by atoms with Crippen molar-refractivity contribution in [3.05, 3.63) is 29.8 Å². The van der Waals surface area contributed by atoms with Crippen LogP contribution in [0.3, 0.4) is 0 Å². The highest BCUT2D eigenvalue weighted by atomic mass is 16.5. The maximum absolute atomic E-state index is 5.21. The van der Waals surface area contributed by atoms with Crippen LogP contribution in [-0.4, -0.2) is 28.2 Å². The second kappa shape index (κ2) is 5.05. The fourth-order valence-electron chi connectivity index (χ4n) is 1.52. The average Bonchev–Trinajstić information content (AvgIpc) is 2.78. The minimum atomic E-state index is 0.313. The summed E-state index contributed by atoms with van der Waals surface area (Å²) < 4.78 is 5.21. The normalized spacial score (nSPS) is 12.6. The fourth-order valence-corrected chi connectivity index (χ4v) is 1.52. The van der Waals surface area contributed by atoms with Gasteiger partial charge in [0.1, 0.15) is 5.69 Å². The Kier molecular flexibility index (Phi) is 3.49. The molecule has 0 aromatic carbocycles. The Balaban J connectivity index is 2.21. The molecule has 2 aromatic heterocycles. The van der Waals surface area contributed by atoms with Gasteiger partial charge in [0.2, 0.25) is 11.7 Å². The van der Waals surface area contributed by atoms with Gasteiger partial charge in [0, 0.05) is 18.7 Å². The Labute approximate surface area is 100 Å². The Morgan fingerprint density at radius 1 is 1.47 bits per heavy atom. The number of nitrogens with one attached hydrogen (secondary N) is 1. The number of rotatable bonds is 4. The van der Waals surface area contributed by atoms with Crippen LogP contribution in [0.1, 0.15) is 18.4 Å². The van der Waals surface area contributed by atoms with Gasteiger partial charge in [0.05, 0.1) is 0 Å². The van der Waals surface area contributed by atoms with Crippen LogP contribution in [0, 0.1) is 6.92 Å². The highest BCUT2D eigenvalue weighted by molar-refractivity contribution is 5.53. The van der Waals surface area contributed by atoms with Crippen molar-refractivity contribution in [2.75, 3.05) is 7.05 Å². The third-order valence-electron chi connectivity index (χ3n) is 2.66. The predicted octanol–water partition coefficient (Wildman–Crippen LogP) is 1.59. The molecule has 90 valence electrons. The lowest BCUT2D eigenvalue weighted by molar-refractivity contribution is 0.365. The fraction of sp³-hybridized carbons (Fsp3) is 0.417. The smallest absolute Gasteiger partial charge is 0.228 e. The van der Waals surface area contributed by atoms with Crippen molar-refractivity contribution in [2.24, 2.45) is 0 Å². The van der Waals surface area contributed by atoms with Crippen LogP contribution < -0.4 is 5.32 Å². The molecule has 0 saturated heterocycles. The second-order valence-corrected chi connectivity index (χ2v) is 4.07. The minimum absolute atomic E-state index is 0.313. The molecule has 0 amide bonds. The first kappa shape index (κ1) is 11.7. The zero-order chi connectivity index (χ0) is 12.3. The Hall–Kier alpha value is -1.75. The Bertz CT molecular complexity index is 495. The van der Waals surface area contributed by atoms with E-state index >= 15 is 0 Å². The first-order chi connectivity index (χ1) is 8.20. The van der Waals surface area contributed by atoms with E-state index in [1.807, 2.05) is 26.1 Å². The lowest BCUT2D eigenvalue weighted by Gasteiger charge is -2.04. The molecule has 0 bridgehead atoms. The van der Waals surface area contributed by atoms with E-state index in [4.69, 9.17) is 4.52 Å². The summed E-state index contributed by atoms with van der Waals surface area (Å²) >= 11 is 0. The maximum Gasteiger partial charge on any atom is 0.228 e. The van der Waals surface area contributed by atoms with Crippen molar-refractivity contribution in [2.45, 2.75) is 26.3 Å². The molecule has 1 atom stereocenters. The highest BCUT2D eigenvalue weighted by Crippen LogP contribution is 2.17. The van der Waals surface area contributed by atoms with Crippen LogP contribution >= 0.6 is 0 Å². The Morgan fingerprint density at radius 3 is 3.00 bits per heavy atom. The maximum atomic E-state index is 5.21. The largest absolute Gasteiger partial charge is 0.339 e. The van der Waals surface area contributed by atoms with E-state index in [0.29, 0.717) is 17.8 Å². The van der Waals surface area contributed by atoms with Gasteiger partial charge in [-0.3, -0.25) is 4.98 Å². The molecule has 0 aliphatic rings. The van der Waals surface area contributed by atoms with Gasteiger partial charge in [0.15, 0.2) is 0 Å². The molecule has 5 nitrogen and oxygen atoms in total. The molecule has 0 aliphatic heterocycles. The SMILES string of the molecule is CNC(C)Cc1nc(-c2ncccc2C)no1. The molecule has 0 spiro atoms. The molecular formula is C12H16N4O. The molecule has 2 heterocycles. The van der Waals surface area contributed by atoms with Crippen molar-refractivity contribution in [1.82, 2.24) is 20.4 Å². The van der Waals surface area contributed by atoms with Crippen LogP contribution in [0.25, 0.3) is 11.5 Å². The summed E-state index contributed by atoms with van der Waals surface area (Å²) in [6, 6.07) is 4.19. The van der Waals surface area contributed by atoms with Crippen molar-refractivity contribution >= 4 is 0 Å². The summed E-state index contributed by atoms with van der Waals surface area (Å²) in [4.78, 5) is 8.61.